The molecule has 0 N–H and O–H groups in total. The van der Waals surface area contributed by atoms with Crippen LogP contribution in [0.4, 0.5) is 13.2 Å². The summed E-state index contributed by atoms with van der Waals surface area (Å²) >= 11 is 5.76. The minimum Gasteiger partial charge on any atom is -0.477 e. The predicted molar refractivity (Wildman–Crippen MR) is 88.1 cm³/mol. The number of aromatic nitrogens is 3. The van der Waals surface area contributed by atoms with E-state index in [1.807, 2.05) is 0 Å². The number of hydrogen-bond acceptors (Lipinski definition) is 5. The van der Waals surface area contributed by atoms with Crippen LogP contribution in [0.2, 0.25) is 5.15 Å². The molecule has 4 rings (SSSR count). The minimum atomic E-state index is -4.50. The number of carbonyl (C=O) groups is 1. The normalized spacial score (nSPS) is 23.9. The Kier molecular flexibility index (Phi) is 4.41. The molecule has 2 aromatic heterocycles. The molecule has 1 aliphatic carbocycles. The lowest BCUT2D eigenvalue weighted by Crippen LogP contribution is -2.33. The summed E-state index contributed by atoms with van der Waals surface area (Å²) in [6, 6.07) is 3.58. The van der Waals surface area contributed by atoms with Crippen molar-refractivity contribution in [3.05, 3.63) is 47.1 Å². The van der Waals surface area contributed by atoms with Crippen LogP contribution in [0.1, 0.15) is 16.2 Å². The Morgan fingerprint density at radius 1 is 1.22 bits per heavy atom. The number of likely N-dealkylation sites (tertiary alicyclic amines) is 1. The number of halogens is 4. The van der Waals surface area contributed by atoms with Gasteiger partial charge in [0.2, 0.25) is 5.88 Å². The van der Waals surface area contributed by atoms with Crippen molar-refractivity contribution in [2.75, 3.05) is 19.7 Å². The highest BCUT2D eigenvalue weighted by Gasteiger charge is 2.57. The van der Waals surface area contributed by atoms with Crippen LogP contribution in [0.15, 0.2) is 30.6 Å². The van der Waals surface area contributed by atoms with Gasteiger partial charge in [-0.2, -0.15) is 13.2 Å². The summed E-state index contributed by atoms with van der Waals surface area (Å²) in [4.78, 5) is 25.4. The van der Waals surface area contributed by atoms with E-state index in [9.17, 15) is 18.0 Å². The number of alkyl halides is 3. The predicted octanol–water partition coefficient (Wildman–Crippen LogP) is 2.94. The molecule has 0 aromatic carbocycles. The maximum atomic E-state index is 12.7. The highest BCUT2D eigenvalue weighted by Crippen LogP contribution is 2.51. The Labute approximate surface area is 157 Å². The zero-order chi connectivity index (χ0) is 19.2. The van der Waals surface area contributed by atoms with Crippen molar-refractivity contribution in [3.63, 3.8) is 0 Å². The van der Waals surface area contributed by atoms with E-state index in [0.717, 1.165) is 6.07 Å². The first-order valence-corrected chi connectivity index (χ1v) is 8.64. The SMILES string of the molecule is O=C(c1cncc(Cl)n1)N1C[C@@H]2C(COc3cccc(C(F)(F)F)n3)[C@@H]2C1. The van der Waals surface area contributed by atoms with E-state index in [0.29, 0.717) is 13.1 Å². The fraction of sp³-hybridized carbons (Fsp3) is 0.412. The fourth-order valence-electron chi connectivity index (χ4n) is 3.50. The van der Waals surface area contributed by atoms with E-state index < -0.39 is 11.9 Å². The maximum Gasteiger partial charge on any atom is 0.433 e. The van der Waals surface area contributed by atoms with Gasteiger partial charge in [0.05, 0.1) is 19.0 Å². The number of rotatable bonds is 4. The summed E-state index contributed by atoms with van der Waals surface area (Å²) in [5.74, 6) is 0.475. The van der Waals surface area contributed by atoms with Crippen LogP contribution < -0.4 is 4.74 Å². The van der Waals surface area contributed by atoms with Crippen LogP contribution in [-0.4, -0.2) is 45.5 Å². The van der Waals surface area contributed by atoms with Crippen molar-refractivity contribution in [3.8, 4) is 5.88 Å². The molecule has 2 fully saturated rings. The number of pyridine rings is 1. The number of fused-ring (bicyclic) bond motifs is 1. The third kappa shape index (κ3) is 3.69. The molecular formula is C17H14ClF3N4O2. The van der Waals surface area contributed by atoms with Gasteiger partial charge >= 0.3 is 6.18 Å². The third-order valence-electron chi connectivity index (χ3n) is 4.92. The molecule has 0 radical (unpaired) electrons. The molecule has 3 atom stereocenters. The van der Waals surface area contributed by atoms with Gasteiger partial charge in [-0.05, 0) is 17.9 Å². The monoisotopic (exact) mass is 398 g/mol. The quantitative estimate of drug-likeness (QED) is 0.792. The van der Waals surface area contributed by atoms with Gasteiger partial charge in [-0.3, -0.25) is 9.78 Å². The Bertz CT molecular complexity index is 867. The average Bonchev–Trinajstić information content (AvgIpc) is 3.08. The highest BCUT2D eigenvalue weighted by atomic mass is 35.5. The molecule has 1 aliphatic heterocycles. The zero-order valence-corrected chi connectivity index (χ0v) is 14.6. The standard InChI is InChI=1S/C17H14ClF3N4O2/c18-14-5-22-4-12(23-14)16(26)25-6-9-10(7-25)11(9)8-27-15-3-1-2-13(24-15)17(19,20)21/h1-5,9-11H,6-8H2/t9-,10+,11?. The summed E-state index contributed by atoms with van der Waals surface area (Å²) in [5, 5.41) is 0.157. The summed E-state index contributed by atoms with van der Waals surface area (Å²) in [6.07, 6.45) is -1.77. The molecule has 0 spiro atoms. The average molecular weight is 399 g/mol. The van der Waals surface area contributed by atoms with E-state index in [2.05, 4.69) is 15.0 Å². The number of hydrogen-bond donors (Lipinski definition) is 0. The van der Waals surface area contributed by atoms with Crippen molar-refractivity contribution in [1.82, 2.24) is 19.9 Å². The summed E-state index contributed by atoms with van der Waals surface area (Å²) in [6.45, 7) is 1.39. The van der Waals surface area contributed by atoms with Gasteiger partial charge in [-0.25, -0.2) is 9.97 Å². The van der Waals surface area contributed by atoms with Crippen LogP contribution in [0.3, 0.4) is 0 Å². The van der Waals surface area contributed by atoms with Gasteiger partial charge in [0.25, 0.3) is 5.91 Å². The molecule has 2 aliphatic rings. The number of carbonyl (C=O) groups excluding carboxylic acids is 1. The topological polar surface area (TPSA) is 68.2 Å². The summed E-state index contributed by atoms with van der Waals surface area (Å²) < 4.78 is 43.5. The molecule has 6 nitrogen and oxygen atoms in total. The molecule has 0 bridgehead atoms. The number of ether oxygens (including phenoxy) is 1. The van der Waals surface area contributed by atoms with Gasteiger partial charge in [0, 0.05) is 25.1 Å². The van der Waals surface area contributed by atoms with Crippen molar-refractivity contribution < 1.29 is 22.7 Å². The van der Waals surface area contributed by atoms with Crippen LogP contribution in [0, 0.1) is 17.8 Å². The van der Waals surface area contributed by atoms with Crippen molar-refractivity contribution in [1.29, 1.82) is 0 Å². The van der Waals surface area contributed by atoms with E-state index in [1.165, 1.54) is 24.5 Å². The first kappa shape index (κ1) is 18.0. The lowest BCUT2D eigenvalue weighted by atomic mass is 10.2. The van der Waals surface area contributed by atoms with Crippen LogP contribution in [0.5, 0.6) is 5.88 Å². The molecule has 1 amide bonds. The van der Waals surface area contributed by atoms with E-state index >= 15 is 0 Å². The van der Waals surface area contributed by atoms with Gasteiger partial charge in [-0.15, -0.1) is 0 Å². The van der Waals surface area contributed by atoms with Crippen molar-refractivity contribution in [2.24, 2.45) is 17.8 Å². The van der Waals surface area contributed by atoms with Gasteiger partial charge in [0.1, 0.15) is 16.5 Å². The third-order valence-corrected chi connectivity index (χ3v) is 5.10. The molecular weight excluding hydrogens is 385 g/mol. The maximum absolute atomic E-state index is 12.7. The van der Waals surface area contributed by atoms with E-state index in [-0.39, 0.29) is 47.0 Å². The van der Waals surface area contributed by atoms with E-state index in [1.54, 1.807) is 4.90 Å². The van der Waals surface area contributed by atoms with E-state index in [4.69, 9.17) is 16.3 Å². The van der Waals surface area contributed by atoms with Crippen LogP contribution in [0.25, 0.3) is 0 Å². The Morgan fingerprint density at radius 2 is 1.96 bits per heavy atom. The van der Waals surface area contributed by atoms with Crippen molar-refractivity contribution >= 4 is 17.5 Å². The lowest BCUT2D eigenvalue weighted by molar-refractivity contribution is -0.141. The molecule has 1 saturated carbocycles. The van der Waals surface area contributed by atoms with Gasteiger partial charge < -0.3 is 9.64 Å². The second kappa shape index (κ2) is 6.63. The number of amides is 1. The minimum absolute atomic E-state index is 0.0445. The molecule has 10 heteroatoms. The zero-order valence-electron chi connectivity index (χ0n) is 13.9. The highest BCUT2D eigenvalue weighted by molar-refractivity contribution is 6.29. The first-order valence-electron chi connectivity index (χ1n) is 8.27. The number of piperidine rings is 1. The Hall–Kier alpha value is -2.42. The molecule has 1 unspecified atom stereocenters. The van der Waals surface area contributed by atoms with Gasteiger partial charge in [0.15, 0.2) is 0 Å². The molecule has 1 saturated heterocycles. The second-order valence-electron chi connectivity index (χ2n) is 6.60. The van der Waals surface area contributed by atoms with Crippen LogP contribution >= 0.6 is 11.6 Å². The largest absolute Gasteiger partial charge is 0.477 e. The lowest BCUT2D eigenvalue weighted by Gasteiger charge is -2.19. The fourth-order valence-corrected chi connectivity index (χ4v) is 3.65. The second-order valence-corrected chi connectivity index (χ2v) is 6.99. The first-order chi connectivity index (χ1) is 12.8. The molecule has 2 aromatic rings. The Morgan fingerprint density at radius 3 is 2.63 bits per heavy atom. The number of nitrogens with zero attached hydrogens (tertiary/aromatic N) is 4. The summed E-state index contributed by atoms with van der Waals surface area (Å²) in [5.41, 5.74) is -0.778. The van der Waals surface area contributed by atoms with Crippen LogP contribution in [-0.2, 0) is 6.18 Å². The van der Waals surface area contributed by atoms with Crippen molar-refractivity contribution in [2.45, 2.75) is 6.18 Å². The molecule has 142 valence electrons. The summed E-state index contributed by atoms with van der Waals surface area (Å²) in [7, 11) is 0. The molecule has 3 heterocycles. The Balaban J connectivity index is 1.30. The molecule has 27 heavy (non-hydrogen) atoms. The van der Waals surface area contributed by atoms with Gasteiger partial charge in [-0.1, -0.05) is 17.7 Å². The smallest absolute Gasteiger partial charge is 0.433 e.